The van der Waals surface area contributed by atoms with Crippen LogP contribution in [0.5, 0.6) is 0 Å². The Kier molecular flexibility index (Phi) is 3.62. The zero-order valence-electron chi connectivity index (χ0n) is 10.9. The summed E-state index contributed by atoms with van der Waals surface area (Å²) in [7, 11) is 0. The third-order valence-corrected chi connectivity index (χ3v) is 3.86. The largest absolute Gasteiger partial charge is 0.464 e. The van der Waals surface area contributed by atoms with Gasteiger partial charge >= 0.3 is 0 Å². The van der Waals surface area contributed by atoms with Gasteiger partial charge in [0.05, 0.1) is 15.7 Å². The maximum atomic E-state index is 10.9. The summed E-state index contributed by atoms with van der Waals surface area (Å²) < 4.78 is 5.93. The maximum absolute atomic E-state index is 10.9. The van der Waals surface area contributed by atoms with Crippen molar-refractivity contribution in [2.75, 3.05) is 5.32 Å². The van der Waals surface area contributed by atoms with E-state index in [0.29, 0.717) is 16.7 Å². The second-order valence-corrected chi connectivity index (χ2v) is 5.39. The molecule has 0 aliphatic heterocycles. The van der Waals surface area contributed by atoms with Crippen LogP contribution in [0.4, 0.5) is 11.4 Å². The van der Waals surface area contributed by atoms with E-state index in [-0.39, 0.29) is 5.69 Å². The van der Waals surface area contributed by atoms with Crippen LogP contribution in [0.15, 0.2) is 57.6 Å². The Bertz CT molecular complexity index is 814. The number of hydrogen-bond donors (Lipinski definition) is 1. The fourth-order valence-corrected chi connectivity index (χ4v) is 2.52. The van der Waals surface area contributed by atoms with E-state index in [1.165, 1.54) is 6.07 Å². The summed E-state index contributed by atoms with van der Waals surface area (Å²) in [4.78, 5) is 10.5. The number of nitrogens with zero attached hydrogens (tertiary/aromatic N) is 1. The minimum Gasteiger partial charge on any atom is -0.464 e. The molecule has 0 atom stereocenters. The van der Waals surface area contributed by atoms with Crippen LogP contribution in [0.1, 0.15) is 5.56 Å². The first-order chi connectivity index (χ1) is 10.1. The van der Waals surface area contributed by atoms with E-state index < -0.39 is 4.92 Å². The Morgan fingerprint density at radius 3 is 2.86 bits per heavy atom. The highest BCUT2D eigenvalue weighted by molar-refractivity contribution is 9.10. The molecule has 106 valence electrons. The van der Waals surface area contributed by atoms with E-state index in [2.05, 4.69) is 21.2 Å². The minimum atomic E-state index is -0.414. The number of anilines is 1. The highest BCUT2D eigenvalue weighted by atomic mass is 79.9. The summed E-state index contributed by atoms with van der Waals surface area (Å²) in [6, 6.07) is 12.7. The van der Waals surface area contributed by atoms with Crippen LogP contribution >= 0.6 is 15.9 Å². The van der Waals surface area contributed by atoms with Crippen molar-refractivity contribution < 1.29 is 9.34 Å². The average Bonchev–Trinajstić information content (AvgIpc) is 2.89. The van der Waals surface area contributed by atoms with E-state index >= 15 is 0 Å². The highest BCUT2D eigenvalue weighted by Crippen LogP contribution is 2.28. The molecule has 5 nitrogen and oxygen atoms in total. The molecule has 21 heavy (non-hydrogen) atoms. The van der Waals surface area contributed by atoms with Crippen LogP contribution < -0.4 is 5.32 Å². The predicted octanol–water partition coefficient (Wildman–Crippen LogP) is 4.72. The summed E-state index contributed by atoms with van der Waals surface area (Å²) in [5, 5.41) is 15.1. The number of nitro groups is 1. The van der Waals surface area contributed by atoms with Crippen molar-refractivity contribution in [3.05, 3.63) is 68.9 Å². The van der Waals surface area contributed by atoms with Gasteiger partial charge in [-0.15, -0.1) is 0 Å². The molecule has 0 unspecified atom stereocenters. The third kappa shape index (κ3) is 2.75. The monoisotopic (exact) mass is 346 g/mol. The number of halogens is 1. The molecule has 0 amide bonds. The van der Waals surface area contributed by atoms with Crippen molar-refractivity contribution in [1.29, 1.82) is 0 Å². The number of hydrogen-bond acceptors (Lipinski definition) is 4. The number of para-hydroxylation sites is 1. The van der Waals surface area contributed by atoms with E-state index in [4.69, 9.17) is 4.42 Å². The highest BCUT2D eigenvalue weighted by Gasteiger charge is 2.12. The summed E-state index contributed by atoms with van der Waals surface area (Å²) in [5.74, 6) is 0. The molecule has 6 heteroatoms. The van der Waals surface area contributed by atoms with Crippen LogP contribution in [0.3, 0.4) is 0 Å². The molecule has 0 aliphatic rings. The molecule has 3 aromatic rings. The third-order valence-electron chi connectivity index (χ3n) is 3.19. The molecule has 1 N–H and O–H groups in total. The van der Waals surface area contributed by atoms with Gasteiger partial charge in [-0.2, -0.15) is 0 Å². The van der Waals surface area contributed by atoms with Gasteiger partial charge in [0.1, 0.15) is 5.58 Å². The van der Waals surface area contributed by atoms with Crippen LogP contribution in [-0.4, -0.2) is 4.92 Å². The number of fused-ring (bicyclic) bond motifs is 1. The Balaban J connectivity index is 1.82. The first-order valence-corrected chi connectivity index (χ1v) is 7.07. The second kappa shape index (κ2) is 5.57. The van der Waals surface area contributed by atoms with Gasteiger partial charge in [-0.1, -0.05) is 18.2 Å². The molecule has 1 aromatic heterocycles. The lowest BCUT2D eigenvalue weighted by atomic mass is 10.2. The Morgan fingerprint density at radius 2 is 2.05 bits per heavy atom. The van der Waals surface area contributed by atoms with Gasteiger partial charge < -0.3 is 9.73 Å². The van der Waals surface area contributed by atoms with E-state index in [1.807, 2.05) is 24.3 Å². The number of nitro benzene ring substituents is 1. The minimum absolute atomic E-state index is 0.0389. The Hall–Kier alpha value is -2.34. The van der Waals surface area contributed by atoms with Crippen molar-refractivity contribution in [3.63, 3.8) is 0 Å². The number of benzene rings is 2. The first kappa shape index (κ1) is 13.6. The van der Waals surface area contributed by atoms with Gasteiger partial charge in [0.2, 0.25) is 0 Å². The number of nitrogens with one attached hydrogen (secondary N) is 1. The van der Waals surface area contributed by atoms with Crippen molar-refractivity contribution in [3.8, 4) is 0 Å². The lowest BCUT2D eigenvalue weighted by Gasteiger charge is -2.05. The van der Waals surface area contributed by atoms with Crippen LogP contribution in [0.25, 0.3) is 11.0 Å². The molecule has 0 saturated carbocycles. The van der Waals surface area contributed by atoms with Crippen molar-refractivity contribution >= 4 is 38.3 Å². The van der Waals surface area contributed by atoms with Crippen LogP contribution in [-0.2, 0) is 6.54 Å². The number of rotatable bonds is 4. The molecule has 2 aromatic carbocycles. The van der Waals surface area contributed by atoms with Gasteiger partial charge in [0.25, 0.3) is 5.69 Å². The lowest BCUT2D eigenvalue weighted by molar-refractivity contribution is -0.385. The zero-order chi connectivity index (χ0) is 14.8. The van der Waals surface area contributed by atoms with Gasteiger partial charge in [-0.25, -0.2) is 0 Å². The standard InChI is InChI=1S/C15H11BrN2O3/c16-13-6-5-11(7-14(13)18(19)20)17-8-10-9-21-15-4-2-1-3-12(10)15/h1-7,9,17H,8H2. The van der Waals surface area contributed by atoms with E-state index in [9.17, 15) is 10.1 Å². The molecule has 0 radical (unpaired) electrons. The fourth-order valence-electron chi connectivity index (χ4n) is 2.13. The summed E-state index contributed by atoms with van der Waals surface area (Å²) in [6.07, 6.45) is 1.70. The first-order valence-electron chi connectivity index (χ1n) is 6.28. The predicted molar refractivity (Wildman–Crippen MR) is 84.3 cm³/mol. The quantitative estimate of drug-likeness (QED) is 0.548. The summed E-state index contributed by atoms with van der Waals surface area (Å²) in [6.45, 7) is 0.538. The normalized spacial score (nSPS) is 10.7. The molecular formula is C15H11BrN2O3. The maximum Gasteiger partial charge on any atom is 0.285 e. The molecule has 0 bridgehead atoms. The van der Waals surface area contributed by atoms with E-state index in [0.717, 1.165) is 16.5 Å². The zero-order valence-corrected chi connectivity index (χ0v) is 12.5. The molecule has 0 saturated heterocycles. The lowest BCUT2D eigenvalue weighted by Crippen LogP contribution is -1.99. The molecular weight excluding hydrogens is 336 g/mol. The second-order valence-electron chi connectivity index (χ2n) is 4.53. The summed E-state index contributed by atoms with van der Waals surface area (Å²) >= 11 is 3.17. The van der Waals surface area contributed by atoms with E-state index in [1.54, 1.807) is 18.4 Å². The van der Waals surface area contributed by atoms with Crippen molar-refractivity contribution in [1.82, 2.24) is 0 Å². The SMILES string of the molecule is O=[N+]([O-])c1cc(NCc2coc3ccccc23)ccc1Br. The Labute approximate surface area is 128 Å². The molecule has 3 rings (SSSR count). The topological polar surface area (TPSA) is 68.3 Å². The van der Waals surface area contributed by atoms with Gasteiger partial charge in [-0.3, -0.25) is 10.1 Å². The molecule has 0 spiro atoms. The van der Waals surface area contributed by atoms with Gasteiger partial charge in [-0.05, 0) is 34.1 Å². The van der Waals surface area contributed by atoms with Crippen LogP contribution in [0, 0.1) is 10.1 Å². The average molecular weight is 347 g/mol. The van der Waals surface area contributed by atoms with Crippen LogP contribution in [0.2, 0.25) is 0 Å². The van der Waals surface area contributed by atoms with Crippen molar-refractivity contribution in [2.45, 2.75) is 6.54 Å². The number of furan rings is 1. The van der Waals surface area contributed by atoms with Gasteiger partial charge in [0.15, 0.2) is 0 Å². The Morgan fingerprint density at radius 1 is 1.24 bits per heavy atom. The molecule has 0 fully saturated rings. The summed E-state index contributed by atoms with van der Waals surface area (Å²) in [5.41, 5.74) is 2.57. The fraction of sp³-hybridized carbons (Fsp3) is 0.0667. The van der Waals surface area contributed by atoms with Crippen molar-refractivity contribution in [2.24, 2.45) is 0 Å². The smallest absolute Gasteiger partial charge is 0.285 e. The van der Waals surface area contributed by atoms with Gasteiger partial charge in [0, 0.05) is 29.2 Å². The molecule has 0 aliphatic carbocycles. The molecule has 1 heterocycles.